The second-order valence-electron chi connectivity index (χ2n) is 6.76. The van der Waals surface area contributed by atoms with E-state index in [9.17, 15) is 27.9 Å². The molecule has 0 radical (unpaired) electrons. The number of nitrogens with zero attached hydrogens (tertiary/aromatic N) is 1. The smallest absolute Gasteiger partial charge is 0.416 e. The van der Waals surface area contributed by atoms with E-state index >= 15 is 0 Å². The Hall–Kier alpha value is -3.33. The summed E-state index contributed by atoms with van der Waals surface area (Å²) in [5, 5.41) is 12.4. The minimum atomic E-state index is -4.70. The van der Waals surface area contributed by atoms with Gasteiger partial charge < -0.3 is 19.7 Å². The van der Waals surface area contributed by atoms with Gasteiger partial charge in [-0.2, -0.15) is 13.2 Å². The molecule has 2 aromatic carbocycles. The van der Waals surface area contributed by atoms with Gasteiger partial charge >= 0.3 is 6.18 Å². The zero-order valence-corrected chi connectivity index (χ0v) is 14.9. The first-order chi connectivity index (χ1) is 13.7. The van der Waals surface area contributed by atoms with Gasteiger partial charge in [-0.15, -0.1) is 0 Å². The maximum absolute atomic E-state index is 13.3. The van der Waals surface area contributed by atoms with E-state index in [1.807, 2.05) is 0 Å². The molecule has 0 spiro atoms. The van der Waals surface area contributed by atoms with Gasteiger partial charge in [-0.1, -0.05) is 12.1 Å². The molecule has 1 fully saturated rings. The summed E-state index contributed by atoms with van der Waals surface area (Å²) in [7, 11) is 0. The Kier molecular flexibility index (Phi) is 4.54. The van der Waals surface area contributed by atoms with Crippen LogP contribution in [0.3, 0.4) is 0 Å². The molecule has 1 aromatic heterocycles. The number of anilines is 1. The maximum atomic E-state index is 13.3. The van der Waals surface area contributed by atoms with Crippen LogP contribution in [0.4, 0.5) is 18.9 Å². The summed E-state index contributed by atoms with van der Waals surface area (Å²) in [4.78, 5) is 26.3. The summed E-state index contributed by atoms with van der Waals surface area (Å²) in [5.41, 5.74) is -0.988. The zero-order chi connectivity index (χ0) is 20.8. The van der Waals surface area contributed by atoms with E-state index in [2.05, 4.69) is 5.32 Å². The first-order valence-electron chi connectivity index (χ1n) is 8.69. The molecule has 0 saturated carbocycles. The number of aliphatic hydroxyl groups excluding tert-OH is 1. The molecule has 2 N–H and O–H groups in total. The third kappa shape index (κ3) is 3.68. The number of alkyl halides is 3. The lowest BCUT2D eigenvalue weighted by Crippen LogP contribution is -2.53. The van der Waals surface area contributed by atoms with Gasteiger partial charge in [-0.25, -0.2) is 0 Å². The van der Waals surface area contributed by atoms with Crippen molar-refractivity contribution in [3.8, 4) is 0 Å². The van der Waals surface area contributed by atoms with E-state index in [1.54, 1.807) is 18.2 Å². The first kappa shape index (κ1) is 19.0. The Morgan fingerprint density at radius 2 is 1.90 bits per heavy atom. The van der Waals surface area contributed by atoms with E-state index in [-0.39, 0.29) is 29.9 Å². The van der Waals surface area contributed by atoms with E-state index < -0.39 is 29.7 Å². The van der Waals surface area contributed by atoms with Crippen molar-refractivity contribution in [3.63, 3.8) is 0 Å². The molecule has 1 aliphatic rings. The number of hydrogen-bond acceptors (Lipinski definition) is 4. The molecule has 4 rings (SSSR count). The molecule has 29 heavy (non-hydrogen) atoms. The molecule has 150 valence electrons. The normalized spacial score (nSPS) is 14.7. The van der Waals surface area contributed by atoms with Gasteiger partial charge in [-0.3, -0.25) is 9.59 Å². The molecular weight excluding hydrogens is 389 g/mol. The van der Waals surface area contributed by atoms with Gasteiger partial charge in [0.15, 0.2) is 0 Å². The second kappa shape index (κ2) is 6.93. The number of para-hydroxylation sites is 1. The van der Waals surface area contributed by atoms with Crippen molar-refractivity contribution in [2.75, 3.05) is 18.4 Å². The number of β-amino-alcohol motifs (C(OH)–C–C–N with tert-alkyl or cyclic N) is 1. The molecule has 0 aliphatic carbocycles. The Morgan fingerprint density at radius 3 is 2.59 bits per heavy atom. The Bertz CT molecular complexity index is 1100. The van der Waals surface area contributed by atoms with Crippen molar-refractivity contribution in [1.82, 2.24) is 4.90 Å². The van der Waals surface area contributed by atoms with Crippen molar-refractivity contribution >= 4 is 28.5 Å². The first-order valence-corrected chi connectivity index (χ1v) is 8.69. The lowest BCUT2D eigenvalue weighted by atomic mass is 10.0. The summed E-state index contributed by atoms with van der Waals surface area (Å²) in [6, 6.07) is 9.19. The quantitative estimate of drug-likeness (QED) is 0.700. The van der Waals surface area contributed by atoms with E-state index in [4.69, 9.17) is 4.42 Å². The third-order valence-electron chi connectivity index (χ3n) is 4.64. The minimum Gasteiger partial charge on any atom is -0.464 e. The molecule has 1 aliphatic heterocycles. The number of halogens is 3. The summed E-state index contributed by atoms with van der Waals surface area (Å²) < 4.78 is 45.2. The highest BCUT2D eigenvalue weighted by Gasteiger charge is 2.34. The molecule has 3 aromatic rings. The molecule has 2 heterocycles. The maximum Gasteiger partial charge on any atom is 0.416 e. The van der Waals surface area contributed by atoms with Crippen LogP contribution in [0.15, 0.2) is 53.1 Å². The molecular formula is C20H15F3N2O4. The van der Waals surface area contributed by atoms with Crippen molar-refractivity contribution in [2.24, 2.45) is 0 Å². The molecule has 2 amide bonds. The van der Waals surface area contributed by atoms with Gasteiger partial charge in [-0.05, 0) is 30.3 Å². The Morgan fingerprint density at radius 1 is 1.14 bits per heavy atom. The number of fused-ring (bicyclic) bond motifs is 1. The Labute approximate surface area is 162 Å². The SMILES string of the molecule is O=C(Nc1cc(C(=O)N2CC(O)C2)cc(C(F)(F)F)c1)c1cccc2ccoc12. The van der Waals surface area contributed by atoms with Gasteiger partial charge in [0, 0.05) is 29.7 Å². The molecule has 0 unspecified atom stereocenters. The summed E-state index contributed by atoms with van der Waals surface area (Å²) in [6.45, 7) is 0.106. The molecule has 0 atom stereocenters. The van der Waals surface area contributed by atoms with Crippen LogP contribution in [0.25, 0.3) is 11.0 Å². The fourth-order valence-corrected chi connectivity index (χ4v) is 3.16. The van der Waals surface area contributed by atoms with Crippen LogP contribution in [0.5, 0.6) is 0 Å². The van der Waals surface area contributed by atoms with Gasteiger partial charge in [0.05, 0.1) is 23.5 Å². The molecule has 0 bridgehead atoms. The predicted octanol–water partition coefficient (Wildman–Crippen LogP) is 3.52. The van der Waals surface area contributed by atoms with E-state index in [0.29, 0.717) is 11.0 Å². The highest BCUT2D eigenvalue weighted by molar-refractivity contribution is 6.11. The minimum absolute atomic E-state index is 0.0528. The monoisotopic (exact) mass is 404 g/mol. The van der Waals surface area contributed by atoms with Crippen LogP contribution in [0.2, 0.25) is 0 Å². The summed E-state index contributed by atoms with van der Waals surface area (Å²) >= 11 is 0. The average molecular weight is 404 g/mol. The Balaban J connectivity index is 1.67. The number of likely N-dealkylation sites (tertiary alicyclic amines) is 1. The van der Waals surface area contributed by atoms with Gasteiger partial charge in [0.2, 0.25) is 0 Å². The van der Waals surface area contributed by atoms with Crippen molar-refractivity contribution < 1.29 is 32.3 Å². The van der Waals surface area contributed by atoms with Crippen molar-refractivity contribution in [1.29, 1.82) is 0 Å². The van der Waals surface area contributed by atoms with Crippen molar-refractivity contribution in [3.05, 3.63) is 65.4 Å². The summed E-state index contributed by atoms with van der Waals surface area (Å²) in [5.74, 6) is -1.31. The fraction of sp³-hybridized carbons (Fsp3) is 0.200. The number of hydrogen-bond donors (Lipinski definition) is 2. The number of amides is 2. The van der Waals surface area contributed by atoms with E-state index in [1.165, 1.54) is 23.3 Å². The van der Waals surface area contributed by atoms with Crippen molar-refractivity contribution in [2.45, 2.75) is 12.3 Å². The van der Waals surface area contributed by atoms with Crippen LogP contribution in [0, 0.1) is 0 Å². The molecule has 1 saturated heterocycles. The number of benzene rings is 2. The molecule has 9 heteroatoms. The summed E-state index contributed by atoms with van der Waals surface area (Å²) in [6.07, 6.45) is -3.98. The highest BCUT2D eigenvalue weighted by Crippen LogP contribution is 2.33. The van der Waals surface area contributed by atoms with E-state index in [0.717, 1.165) is 12.1 Å². The second-order valence-corrected chi connectivity index (χ2v) is 6.76. The van der Waals surface area contributed by atoms with Crippen LogP contribution in [0.1, 0.15) is 26.3 Å². The topological polar surface area (TPSA) is 82.8 Å². The lowest BCUT2D eigenvalue weighted by Gasteiger charge is -2.36. The van der Waals surface area contributed by atoms with Gasteiger partial charge in [0.1, 0.15) is 5.58 Å². The standard InChI is InChI=1S/C20H15F3N2O4/c21-20(22,23)13-6-12(19(28)25-9-15(26)10-25)7-14(8-13)24-18(27)16-3-1-2-11-4-5-29-17(11)16/h1-8,15,26H,9-10H2,(H,24,27). The number of carbonyl (C=O) groups excluding carboxylic acids is 2. The fourth-order valence-electron chi connectivity index (χ4n) is 3.16. The number of rotatable bonds is 3. The molecule has 6 nitrogen and oxygen atoms in total. The van der Waals surface area contributed by atoms with Crippen LogP contribution in [-0.4, -0.2) is 41.0 Å². The highest BCUT2D eigenvalue weighted by atomic mass is 19.4. The average Bonchev–Trinajstić information content (AvgIpc) is 3.12. The lowest BCUT2D eigenvalue weighted by molar-refractivity contribution is -0.137. The predicted molar refractivity (Wildman–Crippen MR) is 97.5 cm³/mol. The van der Waals surface area contributed by atoms with Crippen LogP contribution < -0.4 is 5.32 Å². The van der Waals surface area contributed by atoms with Gasteiger partial charge in [0.25, 0.3) is 11.8 Å². The number of aliphatic hydroxyl groups is 1. The number of furan rings is 1. The number of carbonyl (C=O) groups is 2. The van der Waals surface area contributed by atoms with Crippen LogP contribution in [-0.2, 0) is 6.18 Å². The largest absolute Gasteiger partial charge is 0.464 e. The third-order valence-corrected chi connectivity index (χ3v) is 4.64. The van der Waals surface area contributed by atoms with Crippen LogP contribution >= 0.6 is 0 Å². The number of nitrogens with one attached hydrogen (secondary N) is 1. The zero-order valence-electron chi connectivity index (χ0n) is 14.9.